The average molecular weight is 356 g/mol. The highest BCUT2D eigenvalue weighted by Gasteiger charge is 2.43. The van der Waals surface area contributed by atoms with E-state index in [1.54, 1.807) is 35.2 Å². The molecular formula is C19H21FN4O2. The second-order valence-corrected chi connectivity index (χ2v) is 6.97. The molecule has 136 valence electrons. The molecule has 0 spiro atoms. The Morgan fingerprint density at radius 1 is 1.27 bits per heavy atom. The number of nitrogens with zero attached hydrogens (tertiary/aromatic N) is 4. The Hall–Kier alpha value is -2.70. The third kappa shape index (κ3) is 2.50. The number of amides is 2. The lowest BCUT2D eigenvalue weighted by atomic mass is 9.87. The number of imidazole rings is 1. The van der Waals surface area contributed by atoms with Crippen LogP contribution in [-0.2, 0) is 23.1 Å². The Bertz CT molecular complexity index is 878. The van der Waals surface area contributed by atoms with Crippen LogP contribution >= 0.6 is 0 Å². The standard InChI is InChI=1S/C19H21FN4O2/c1-22-11-9-21-18(22)17-13(6-7-16(25)23(17)2)19(26)24-10-8-12-14(20)4-3-5-15(12)24/h3-5,9,11,13,17H,6-8,10H2,1-2H3/t13-,17-/m0/s1. The van der Waals surface area contributed by atoms with Crippen molar-refractivity contribution in [3.8, 4) is 0 Å². The van der Waals surface area contributed by atoms with E-state index in [1.165, 1.54) is 6.07 Å². The number of rotatable bonds is 2. The van der Waals surface area contributed by atoms with Gasteiger partial charge in [0.15, 0.2) is 0 Å². The summed E-state index contributed by atoms with van der Waals surface area (Å²) in [5.74, 6) is -0.0309. The van der Waals surface area contributed by atoms with E-state index in [-0.39, 0.29) is 17.6 Å². The zero-order valence-electron chi connectivity index (χ0n) is 14.9. The van der Waals surface area contributed by atoms with Crippen LogP contribution in [0.15, 0.2) is 30.6 Å². The second kappa shape index (κ2) is 6.23. The van der Waals surface area contributed by atoms with E-state index in [1.807, 2.05) is 17.8 Å². The molecule has 7 heteroatoms. The first-order valence-corrected chi connectivity index (χ1v) is 8.80. The van der Waals surface area contributed by atoms with Crippen LogP contribution in [0.3, 0.4) is 0 Å². The first kappa shape index (κ1) is 16.8. The molecule has 1 aromatic carbocycles. The summed E-state index contributed by atoms with van der Waals surface area (Å²) < 4.78 is 15.9. The van der Waals surface area contributed by atoms with Gasteiger partial charge in [-0.25, -0.2) is 9.37 Å². The minimum Gasteiger partial charge on any atom is -0.336 e. The first-order chi connectivity index (χ1) is 12.5. The summed E-state index contributed by atoms with van der Waals surface area (Å²) in [6, 6.07) is 4.43. The Kier molecular flexibility index (Phi) is 4.01. The van der Waals surface area contributed by atoms with Gasteiger partial charge in [0.25, 0.3) is 0 Å². The van der Waals surface area contributed by atoms with Crippen molar-refractivity contribution in [2.75, 3.05) is 18.5 Å². The van der Waals surface area contributed by atoms with Crippen molar-refractivity contribution >= 4 is 17.5 Å². The van der Waals surface area contributed by atoms with Gasteiger partial charge in [-0.1, -0.05) is 6.07 Å². The molecule has 1 saturated heterocycles. The highest BCUT2D eigenvalue weighted by molar-refractivity contribution is 5.98. The minimum absolute atomic E-state index is 0.00918. The van der Waals surface area contributed by atoms with Crippen molar-refractivity contribution in [2.24, 2.45) is 13.0 Å². The molecule has 2 aromatic rings. The summed E-state index contributed by atoms with van der Waals surface area (Å²) in [5.41, 5.74) is 1.24. The van der Waals surface area contributed by atoms with Gasteiger partial charge in [0, 0.05) is 50.7 Å². The minimum atomic E-state index is -0.415. The van der Waals surface area contributed by atoms with Gasteiger partial charge >= 0.3 is 0 Å². The molecule has 1 fully saturated rings. The smallest absolute Gasteiger partial charge is 0.232 e. The fraction of sp³-hybridized carbons (Fsp3) is 0.421. The largest absolute Gasteiger partial charge is 0.336 e. The van der Waals surface area contributed by atoms with Crippen molar-refractivity contribution in [1.82, 2.24) is 14.5 Å². The lowest BCUT2D eigenvalue weighted by Crippen LogP contribution is -2.48. The van der Waals surface area contributed by atoms with Crippen LogP contribution < -0.4 is 4.90 Å². The molecule has 0 radical (unpaired) electrons. The van der Waals surface area contributed by atoms with Gasteiger partial charge in [-0.15, -0.1) is 0 Å². The maximum absolute atomic E-state index is 14.0. The molecule has 6 nitrogen and oxygen atoms in total. The third-order valence-electron chi connectivity index (χ3n) is 5.54. The number of likely N-dealkylation sites (tertiary alicyclic amines) is 1. The Morgan fingerprint density at radius 2 is 2.08 bits per heavy atom. The molecule has 2 atom stereocenters. The van der Waals surface area contributed by atoms with Crippen LogP contribution in [0.25, 0.3) is 0 Å². The summed E-state index contributed by atoms with van der Waals surface area (Å²) in [5, 5.41) is 0. The Labute approximate surface area is 151 Å². The molecular weight excluding hydrogens is 335 g/mol. The Balaban J connectivity index is 1.70. The molecule has 0 N–H and O–H groups in total. The number of carbonyl (C=O) groups is 2. The topological polar surface area (TPSA) is 58.4 Å². The summed E-state index contributed by atoms with van der Waals surface area (Å²) >= 11 is 0. The lowest BCUT2D eigenvalue weighted by molar-refractivity contribution is -0.141. The van der Waals surface area contributed by atoms with E-state index in [2.05, 4.69) is 4.98 Å². The number of anilines is 1. The molecule has 2 amide bonds. The number of fused-ring (bicyclic) bond motifs is 1. The molecule has 3 heterocycles. The van der Waals surface area contributed by atoms with Crippen LogP contribution in [-0.4, -0.2) is 39.9 Å². The predicted octanol–water partition coefficient (Wildman–Crippen LogP) is 2.06. The van der Waals surface area contributed by atoms with Gasteiger partial charge in [0.05, 0.1) is 5.92 Å². The molecule has 0 aliphatic carbocycles. The van der Waals surface area contributed by atoms with Gasteiger partial charge in [0.1, 0.15) is 17.7 Å². The fourth-order valence-electron chi connectivity index (χ4n) is 4.13. The van der Waals surface area contributed by atoms with Crippen molar-refractivity contribution in [3.05, 3.63) is 47.8 Å². The van der Waals surface area contributed by atoms with Gasteiger partial charge in [-0.3, -0.25) is 9.59 Å². The zero-order chi connectivity index (χ0) is 18.4. The van der Waals surface area contributed by atoms with Crippen molar-refractivity contribution in [3.63, 3.8) is 0 Å². The maximum atomic E-state index is 14.0. The van der Waals surface area contributed by atoms with E-state index in [4.69, 9.17) is 0 Å². The molecule has 26 heavy (non-hydrogen) atoms. The van der Waals surface area contributed by atoms with Gasteiger partial charge < -0.3 is 14.4 Å². The molecule has 1 aromatic heterocycles. The first-order valence-electron chi connectivity index (χ1n) is 8.80. The number of halogens is 1. The second-order valence-electron chi connectivity index (χ2n) is 6.97. The third-order valence-corrected chi connectivity index (χ3v) is 5.54. The number of benzene rings is 1. The van der Waals surface area contributed by atoms with E-state index < -0.39 is 12.0 Å². The summed E-state index contributed by atoms with van der Waals surface area (Å²) in [7, 11) is 3.58. The highest BCUT2D eigenvalue weighted by atomic mass is 19.1. The van der Waals surface area contributed by atoms with Crippen molar-refractivity contribution in [2.45, 2.75) is 25.3 Å². The normalized spacial score (nSPS) is 22.7. The highest BCUT2D eigenvalue weighted by Crippen LogP contribution is 2.39. The van der Waals surface area contributed by atoms with Gasteiger partial charge in [-0.2, -0.15) is 0 Å². The lowest BCUT2D eigenvalue weighted by Gasteiger charge is -2.39. The monoisotopic (exact) mass is 356 g/mol. The van der Waals surface area contributed by atoms with Crippen LogP contribution in [0.2, 0.25) is 0 Å². The molecule has 0 unspecified atom stereocenters. The van der Waals surface area contributed by atoms with Crippen LogP contribution in [0.4, 0.5) is 10.1 Å². The summed E-state index contributed by atoms with van der Waals surface area (Å²) in [6.07, 6.45) is 4.80. The van der Waals surface area contributed by atoms with E-state index in [0.717, 1.165) is 0 Å². The summed E-state index contributed by atoms with van der Waals surface area (Å²) in [6.45, 7) is 0.469. The van der Waals surface area contributed by atoms with E-state index >= 15 is 0 Å². The maximum Gasteiger partial charge on any atom is 0.232 e. The van der Waals surface area contributed by atoms with Crippen molar-refractivity contribution in [1.29, 1.82) is 0 Å². The summed E-state index contributed by atoms with van der Waals surface area (Å²) in [4.78, 5) is 33.3. The van der Waals surface area contributed by atoms with Gasteiger partial charge in [-0.05, 0) is 25.0 Å². The molecule has 2 aliphatic rings. The number of aryl methyl sites for hydroxylation is 1. The van der Waals surface area contributed by atoms with Crippen LogP contribution in [0.5, 0.6) is 0 Å². The zero-order valence-corrected chi connectivity index (χ0v) is 14.9. The molecule has 0 bridgehead atoms. The van der Waals surface area contributed by atoms with E-state index in [0.29, 0.717) is 42.9 Å². The molecule has 4 rings (SSSR count). The molecule has 0 saturated carbocycles. The number of aromatic nitrogens is 2. The predicted molar refractivity (Wildman–Crippen MR) is 93.9 cm³/mol. The SMILES string of the molecule is CN1C(=O)CC[C@H](C(=O)N2CCc3c(F)cccc32)[C@H]1c1nccn1C. The number of hydrogen-bond acceptors (Lipinski definition) is 3. The number of hydrogen-bond donors (Lipinski definition) is 0. The average Bonchev–Trinajstić information content (AvgIpc) is 3.24. The molecule has 2 aliphatic heterocycles. The van der Waals surface area contributed by atoms with E-state index in [9.17, 15) is 14.0 Å². The van der Waals surface area contributed by atoms with Crippen LogP contribution in [0.1, 0.15) is 30.3 Å². The quantitative estimate of drug-likeness (QED) is 0.828. The van der Waals surface area contributed by atoms with Gasteiger partial charge in [0.2, 0.25) is 11.8 Å². The Morgan fingerprint density at radius 3 is 2.81 bits per heavy atom. The fourth-order valence-corrected chi connectivity index (χ4v) is 4.13. The van der Waals surface area contributed by atoms with Crippen molar-refractivity contribution < 1.29 is 14.0 Å². The van der Waals surface area contributed by atoms with Crippen LogP contribution in [0, 0.1) is 11.7 Å². The number of piperidine rings is 1. The number of carbonyl (C=O) groups excluding carboxylic acids is 2.